The highest BCUT2D eigenvalue weighted by molar-refractivity contribution is 7.17. The fraction of sp³-hybridized carbons (Fsp3) is 0.261. The maximum atomic E-state index is 12.7. The van der Waals surface area contributed by atoms with E-state index in [0.717, 1.165) is 39.5 Å². The molecular weight excluding hydrogens is 354 g/mol. The van der Waals surface area contributed by atoms with E-state index in [9.17, 15) is 4.79 Å². The molecule has 0 spiro atoms. The number of hydrogen-bond donors (Lipinski definition) is 1. The first-order chi connectivity index (χ1) is 13.1. The molecule has 3 aromatic rings. The number of carbonyl (C=O) groups excluding carboxylic acids is 1. The van der Waals surface area contributed by atoms with Gasteiger partial charge in [-0.3, -0.25) is 4.79 Å². The number of hydrogen-bond acceptors (Lipinski definition) is 3. The molecule has 1 amide bonds. The molecule has 0 aliphatic carbocycles. The molecule has 4 heteroatoms. The summed E-state index contributed by atoms with van der Waals surface area (Å²) < 4.78 is 5.87. The Balaban J connectivity index is 1.45. The zero-order valence-corrected chi connectivity index (χ0v) is 16.4. The monoisotopic (exact) mass is 377 g/mol. The molecule has 138 valence electrons. The molecule has 4 rings (SSSR count). The number of thiophene rings is 1. The molecule has 0 bridgehead atoms. The first kappa shape index (κ1) is 17.8. The largest absolute Gasteiger partial charge is 0.488 e. The summed E-state index contributed by atoms with van der Waals surface area (Å²) >= 11 is 1.56. The second-order valence-electron chi connectivity index (χ2n) is 7.10. The van der Waals surface area contributed by atoms with E-state index in [2.05, 4.69) is 49.5 Å². The van der Waals surface area contributed by atoms with Gasteiger partial charge in [-0.15, -0.1) is 11.3 Å². The van der Waals surface area contributed by atoms with Crippen molar-refractivity contribution in [2.75, 3.05) is 0 Å². The summed E-state index contributed by atoms with van der Waals surface area (Å²) in [6.45, 7) is 4.68. The van der Waals surface area contributed by atoms with Crippen LogP contribution in [0.4, 0.5) is 0 Å². The summed E-state index contributed by atoms with van der Waals surface area (Å²) in [5, 5.41) is 3.14. The van der Waals surface area contributed by atoms with Crippen molar-refractivity contribution >= 4 is 17.2 Å². The van der Waals surface area contributed by atoms with Crippen LogP contribution in [0, 0.1) is 6.92 Å². The Bertz CT molecular complexity index is 962. The van der Waals surface area contributed by atoms with E-state index in [1.807, 2.05) is 24.3 Å². The van der Waals surface area contributed by atoms with E-state index >= 15 is 0 Å². The van der Waals surface area contributed by atoms with E-state index in [-0.39, 0.29) is 11.9 Å². The zero-order valence-electron chi connectivity index (χ0n) is 15.6. The van der Waals surface area contributed by atoms with Gasteiger partial charge in [0.05, 0.1) is 4.88 Å². The average Bonchev–Trinajstić information content (AvgIpc) is 3.12. The van der Waals surface area contributed by atoms with Gasteiger partial charge in [-0.05, 0) is 49.9 Å². The normalized spacial score (nSPS) is 13.3. The van der Waals surface area contributed by atoms with E-state index in [1.54, 1.807) is 11.3 Å². The van der Waals surface area contributed by atoms with Crippen molar-refractivity contribution < 1.29 is 9.53 Å². The summed E-state index contributed by atoms with van der Waals surface area (Å²) in [4.78, 5) is 14.7. The highest BCUT2D eigenvalue weighted by Crippen LogP contribution is 2.44. The summed E-state index contributed by atoms with van der Waals surface area (Å²) in [6.07, 6.45) is 1.88. The second kappa shape index (κ2) is 7.57. The molecule has 0 unspecified atom stereocenters. The van der Waals surface area contributed by atoms with Crippen LogP contribution in [0.5, 0.6) is 5.75 Å². The first-order valence-electron chi connectivity index (χ1n) is 9.32. The van der Waals surface area contributed by atoms with Gasteiger partial charge >= 0.3 is 0 Å². The fourth-order valence-electron chi connectivity index (χ4n) is 3.46. The molecule has 2 aromatic carbocycles. The zero-order chi connectivity index (χ0) is 18.8. The van der Waals surface area contributed by atoms with Crippen molar-refractivity contribution in [3.63, 3.8) is 0 Å². The lowest BCUT2D eigenvalue weighted by Crippen LogP contribution is -2.32. The molecule has 1 atom stereocenters. The van der Waals surface area contributed by atoms with Crippen LogP contribution in [0.25, 0.3) is 10.4 Å². The third kappa shape index (κ3) is 3.76. The van der Waals surface area contributed by atoms with Crippen molar-refractivity contribution in [3.8, 4) is 16.2 Å². The van der Waals surface area contributed by atoms with E-state index in [0.29, 0.717) is 6.61 Å². The van der Waals surface area contributed by atoms with Crippen LogP contribution in [-0.4, -0.2) is 11.9 Å². The molecule has 27 heavy (non-hydrogen) atoms. The number of fused-ring (bicyclic) bond motifs is 3. The third-order valence-corrected chi connectivity index (χ3v) is 6.16. The summed E-state index contributed by atoms with van der Waals surface area (Å²) in [6, 6.07) is 18.6. The first-order valence-corrected chi connectivity index (χ1v) is 10.1. The van der Waals surface area contributed by atoms with Gasteiger partial charge < -0.3 is 10.1 Å². The van der Waals surface area contributed by atoms with Gasteiger partial charge in [0.2, 0.25) is 0 Å². The lowest BCUT2D eigenvalue weighted by atomic mass is 10.0. The van der Waals surface area contributed by atoms with Gasteiger partial charge in [0.15, 0.2) is 0 Å². The Kier molecular flexibility index (Phi) is 4.99. The lowest BCUT2D eigenvalue weighted by molar-refractivity contribution is 0.0942. The summed E-state index contributed by atoms with van der Waals surface area (Å²) in [5.74, 6) is 0.914. The Labute approximate surface area is 164 Å². The molecule has 1 aliphatic rings. The molecule has 1 N–H and O–H groups in total. The highest BCUT2D eigenvalue weighted by Gasteiger charge is 2.24. The van der Waals surface area contributed by atoms with Gasteiger partial charge in [-0.2, -0.15) is 0 Å². The summed E-state index contributed by atoms with van der Waals surface area (Å²) in [7, 11) is 0. The highest BCUT2D eigenvalue weighted by atomic mass is 32.1. The average molecular weight is 378 g/mol. The molecule has 0 fully saturated rings. The van der Waals surface area contributed by atoms with E-state index < -0.39 is 0 Å². The quantitative estimate of drug-likeness (QED) is 0.649. The SMILES string of the molecule is Cc1cccc2c1-c1sc(C(=O)N[C@@H](C)CCc3ccccc3)cc1CO2. The van der Waals surface area contributed by atoms with Crippen LogP contribution in [0.2, 0.25) is 0 Å². The van der Waals surface area contributed by atoms with Crippen LogP contribution in [0.3, 0.4) is 0 Å². The predicted molar refractivity (Wildman–Crippen MR) is 111 cm³/mol. The van der Waals surface area contributed by atoms with Crippen LogP contribution in [-0.2, 0) is 13.0 Å². The molecule has 1 aromatic heterocycles. The van der Waals surface area contributed by atoms with Gasteiger partial charge in [-0.25, -0.2) is 0 Å². The van der Waals surface area contributed by atoms with Gasteiger partial charge in [0.1, 0.15) is 12.4 Å². The maximum absolute atomic E-state index is 12.7. The van der Waals surface area contributed by atoms with Gasteiger partial charge in [0, 0.05) is 22.0 Å². The van der Waals surface area contributed by atoms with Crippen LogP contribution < -0.4 is 10.1 Å². The van der Waals surface area contributed by atoms with Gasteiger partial charge in [0.25, 0.3) is 5.91 Å². The smallest absolute Gasteiger partial charge is 0.261 e. The molecule has 0 radical (unpaired) electrons. The van der Waals surface area contributed by atoms with Crippen LogP contribution in [0.15, 0.2) is 54.6 Å². The molecule has 2 heterocycles. The molecule has 1 aliphatic heterocycles. The minimum Gasteiger partial charge on any atom is -0.488 e. The Morgan fingerprint density at radius 1 is 1.19 bits per heavy atom. The van der Waals surface area contributed by atoms with Crippen molar-refractivity contribution in [2.24, 2.45) is 0 Å². The lowest BCUT2D eigenvalue weighted by Gasteiger charge is -2.19. The Hall–Kier alpha value is -2.59. The maximum Gasteiger partial charge on any atom is 0.261 e. The van der Waals surface area contributed by atoms with Crippen molar-refractivity contribution in [3.05, 3.63) is 76.2 Å². The second-order valence-corrected chi connectivity index (χ2v) is 8.15. The predicted octanol–water partition coefficient (Wildman–Crippen LogP) is 5.37. The van der Waals surface area contributed by atoms with Gasteiger partial charge in [-0.1, -0.05) is 42.5 Å². The Morgan fingerprint density at radius 3 is 2.81 bits per heavy atom. The minimum atomic E-state index is 0.00472. The Morgan fingerprint density at radius 2 is 2.00 bits per heavy atom. The number of benzene rings is 2. The number of rotatable bonds is 5. The topological polar surface area (TPSA) is 38.3 Å². The standard InChI is InChI=1S/C23H23NO2S/c1-15-7-6-10-19-21(15)22-18(14-26-19)13-20(27-22)23(25)24-16(2)11-12-17-8-4-3-5-9-17/h3-10,13,16H,11-12,14H2,1-2H3,(H,24,25)/t16-/m0/s1. The number of carbonyl (C=O) groups is 1. The number of amides is 1. The van der Waals surface area contributed by atoms with E-state index in [1.165, 1.54) is 11.1 Å². The third-order valence-electron chi connectivity index (χ3n) is 4.96. The van der Waals surface area contributed by atoms with E-state index in [4.69, 9.17) is 4.74 Å². The molecule has 3 nitrogen and oxygen atoms in total. The van der Waals surface area contributed by atoms with Crippen molar-refractivity contribution in [1.29, 1.82) is 0 Å². The molecular formula is C23H23NO2S. The van der Waals surface area contributed by atoms with Crippen molar-refractivity contribution in [1.82, 2.24) is 5.32 Å². The minimum absolute atomic E-state index is 0.00472. The van der Waals surface area contributed by atoms with Crippen LogP contribution in [0.1, 0.15) is 39.7 Å². The number of aryl methyl sites for hydroxylation is 2. The fourth-order valence-corrected chi connectivity index (χ4v) is 4.65. The molecule has 0 saturated carbocycles. The van der Waals surface area contributed by atoms with Crippen molar-refractivity contribution in [2.45, 2.75) is 39.3 Å². The number of nitrogens with one attached hydrogen (secondary N) is 1. The summed E-state index contributed by atoms with van der Waals surface area (Å²) in [5.41, 5.74) is 4.71. The van der Waals surface area contributed by atoms with Crippen LogP contribution >= 0.6 is 11.3 Å². The number of ether oxygens (including phenoxy) is 1. The molecule has 0 saturated heterocycles.